The van der Waals surface area contributed by atoms with Crippen molar-refractivity contribution in [1.82, 2.24) is 19.6 Å². The van der Waals surface area contributed by atoms with Crippen molar-refractivity contribution in [1.29, 1.82) is 0 Å². The zero-order valence-electron chi connectivity index (χ0n) is 14.9. The van der Waals surface area contributed by atoms with E-state index in [-0.39, 0.29) is 0 Å². The zero-order valence-corrected chi connectivity index (χ0v) is 15.7. The standard InChI is InChI=1S/C20H21N5S/c1-14(2)15-6-8-16(9-7-15)18-13-25-20(23-18)26-19(24-25)22-12-10-17-5-3-4-11-21-17/h3-9,11,13-14H,10,12H2,1-2H3,(H,22,24). The maximum Gasteiger partial charge on any atom is 0.214 e. The van der Waals surface area contributed by atoms with E-state index in [4.69, 9.17) is 4.98 Å². The van der Waals surface area contributed by atoms with Gasteiger partial charge in [-0.15, -0.1) is 5.10 Å². The van der Waals surface area contributed by atoms with Crippen LogP contribution in [0.25, 0.3) is 16.2 Å². The molecule has 3 heterocycles. The summed E-state index contributed by atoms with van der Waals surface area (Å²) in [6.07, 6.45) is 4.68. The Kier molecular flexibility index (Phi) is 4.67. The molecule has 0 atom stereocenters. The monoisotopic (exact) mass is 363 g/mol. The average Bonchev–Trinajstić information content (AvgIpc) is 3.21. The van der Waals surface area contributed by atoms with Gasteiger partial charge >= 0.3 is 0 Å². The summed E-state index contributed by atoms with van der Waals surface area (Å²) in [4.78, 5) is 9.94. The summed E-state index contributed by atoms with van der Waals surface area (Å²) in [5.41, 5.74) is 4.50. The van der Waals surface area contributed by atoms with Crippen molar-refractivity contribution in [3.8, 4) is 11.3 Å². The number of nitrogens with zero attached hydrogens (tertiary/aromatic N) is 4. The van der Waals surface area contributed by atoms with Crippen LogP contribution in [0, 0.1) is 0 Å². The van der Waals surface area contributed by atoms with E-state index < -0.39 is 0 Å². The third-order valence-electron chi connectivity index (χ3n) is 4.30. The summed E-state index contributed by atoms with van der Waals surface area (Å²) in [6.45, 7) is 5.21. The van der Waals surface area contributed by atoms with Crippen molar-refractivity contribution < 1.29 is 0 Å². The lowest BCUT2D eigenvalue weighted by Crippen LogP contribution is -2.05. The molecule has 0 fully saturated rings. The van der Waals surface area contributed by atoms with Gasteiger partial charge in [0.25, 0.3) is 0 Å². The molecule has 4 aromatic rings. The van der Waals surface area contributed by atoms with Crippen molar-refractivity contribution in [2.24, 2.45) is 0 Å². The minimum Gasteiger partial charge on any atom is -0.360 e. The molecule has 0 aliphatic heterocycles. The molecule has 0 aliphatic carbocycles. The van der Waals surface area contributed by atoms with E-state index in [0.717, 1.165) is 40.0 Å². The number of hydrogen-bond acceptors (Lipinski definition) is 5. The van der Waals surface area contributed by atoms with Crippen molar-refractivity contribution in [3.63, 3.8) is 0 Å². The number of benzene rings is 1. The van der Waals surface area contributed by atoms with Crippen molar-refractivity contribution in [2.45, 2.75) is 26.2 Å². The highest BCUT2D eigenvalue weighted by Gasteiger charge is 2.10. The van der Waals surface area contributed by atoms with Crippen LogP contribution in [0.1, 0.15) is 31.0 Å². The van der Waals surface area contributed by atoms with Crippen LogP contribution in [0.3, 0.4) is 0 Å². The Morgan fingerprint density at radius 2 is 1.96 bits per heavy atom. The van der Waals surface area contributed by atoms with E-state index in [1.165, 1.54) is 5.56 Å². The molecule has 6 heteroatoms. The summed E-state index contributed by atoms with van der Waals surface area (Å²) < 4.78 is 1.85. The quantitative estimate of drug-likeness (QED) is 0.543. The third-order valence-corrected chi connectivity index (χ3v) is 5.18. The highest BCUT2D eigenvalue weighted by molar-refractivity contribution is 7.20. The second-order valence-electron chi connectivity index (χ2n) is 6.54. The summed E-state index contributed by atoms with van der Waals surface area (Å²) >= 11 is 1.57. The van der Waals surface area contributed by atoms with Gasteiger partial charge in [-0.2, -0.15) is 0 Å². The van der Waals surface area contributed by atoms with Crippen LogP contribution in [0.5, 0.6) is 0 Å². The highest BCUT2D eigenvalue weighted by Crippen LogP contribution is 2.25. The number of nitrogens with one attached hydrogen (secondary N) is 1. The Morgan fingerprint density at radius 3 is 2.65 bits per heavy atom. The molecule has 0 unspecified atom stereocenters. The van der Waals surface area contributed by atoms with Crippen LogP contribution in [0.15, 0.2) is 54.9 Å². The molecule has 26 heavy (non-hydrogen) atoms. The fourth-order valence-electron chi connectivity index (χ4n) is 2.79. The van der Waals surface area contributed by atoms with Gasteiger partial charge in [-0.1, -0.05) is 55.5 Å². The van der Waals surface area contributed by atoms with E-state index in [1.54, 1.807) is 11.3 Å². The minimum atomic E-state index is 0.538. The minimum absolute atomic E-state index is 0.538. The maximum atomic E-state index is 4.71. The largest absolute Gasteiger partial charge is 0.360 e. The van der Waals surface area contributed by atoms with Gasteiger partial charge in [0.1, 0.15) is 0 Å². The normalized spacial score (nSPS) is 11.3. The molecule has 1 aromatic carbocycles. The first kappa shape index (κ1) is 16.7. The number of anilines is 1. The molecule has 0 spiro atoms. The second-order valence-corrected chi connectivity index (χ2v) is 7.49. The summed E-state index contributed by atoms with van der Waals surface area (Å²) in [5, 5.41) is 8.81. The third kappa shape index (κ3) is 3.60. The van der Waals surface area contributed by atoms with Crippen molar-refractivity contribution in [2.75, 3.05) is 11.9 Å². The lowest BCUT2D eigenvalue weighted by Gasteiger charge is -2.05. The molecule has 1 N–H and O–H groups in total. The van der Waals surface area contributed by atoms with E-state index in [1.807, 2.05) is 35.1 Å². The molecular formula is C20H21N5S. The first-order chi connectivity index (χ1) is 12.7. The lowest BCUT2D eigenvalue weighted by molar-refractivity contribution is 0.867. The average molecular weight is 363 g/mol. The van der Waals surface area contributed by atoms with Gasteiger partial charge < -0.3 is 5.32 Å². The fourth-order valence-corrected chi connectivity index (χ4v) is 3.60. The molecule has 0 radical (unpaired) electrons. The van der Waals surface area contributed by atoms with Crippen LogP contribution < -0.4 is 5.32 Å². The molecule has 0 aliphatic rings. The molecule has 5 nitrogen and oxygen atoms in total. The van der Waals surface area contributed by atoms with Crippen LogP contribution in [-0.4, -0.2) is 26.1 Å². The number of pyridine rings is 1. The topological polar surface area (TPSA) is 55.1 Å². The van der Waals surface area contributed by atoms with E-state index >= 15 is 0 Å². The van der Waals surface area contributed by atoms with Gasteiger partial charge in [0.2, 0.25) is 10.1 Å². The first-order valence-electron chi connectivity index (χ1n) is 8.79. The number of hydrogen-bond donors (Lipinski definition) is 1. The molecular weight excluding hydrogens is 342 g/mol. The molecule has 0 saturated heterocycles. The zero-order chi connectivity index (χ0) is 17.9. The predicted octanol–water partition coefficient (Wildman–Crippen LogP) is 4.63. The van der Waals surface area contributed by atoms with Gasteiger partial charge in [0.15, 0.2) is 0 Å². The number of rotatable bonds is 6. The highest BCUT2D eigenvalue weighted by atomic mass is 32.1. The summed E-state index contributed by atoms with van der Waals surface area (Å²) in [5.74, 6) is 0.538. The van der Waals surface area contributed by atoms with Gasteiger partial charge in [-0.05, 0) is 23.6 Å². The molecule has 0 bridgehead atoms. The number of aromatic nitrogens is 4. The predicted molar refractivity (Wildman–Crippen MR) is 107 cm³/mol. The molecule has 4 rings (SSSR count). The van der Waals surface area contributed by atoms with Crippen molar-refractivity contribution >= 4 is 21.4 Å². The Hall–Kier alpha value is -2.73. The number of fused-ring (bicyclic) bond motifs is 1. The summed E-state index contributed by atoms with van der Waals surface area (Å²) in [7, 11) is 0. The van der Waals surface area contributed by atoms with Gasteiger partial charge in [0, 0.05) is 30.4 Å². The van der Waals surface area contributed by atoms with E-state index in [0.29, 0.717) is 5.92 Å². The molecule has 0 amide bonds. The molecule has 0 saturated carbocycles. The van der Waals surface area contributed by atoms with Gasteiger partial charge in [-0.25, -0.2) is 9.50 Å². The van der Waals surface area contributed by atoms with Crippen LogP contribution in [0.4, 0.5) is 5.13 Å². The van der Waals surface area contributed by atoms with Gasteiger partial charge in [-0.3, -0.25) is 4.98 Å². The first-order valence-corrected chi connectivity index (χ1v) is 9.61. The molecule has 132 valence electrons. The number of imidazole rings is 1. The van der Waals surface area contributed by atoms with E-state index in [9.17, 15) is 0 Å². The SMILES string of the molecule is CC(C)c1ccc(-c2cn3nc(NCCc4ccccn4)sc3n2)cc1. The Bertz CT molecular complexity index is 955. The summed E-state index contributed by atoms with van der Waals surface area (Å²) in [6, 6.07) is 14.6. The maximum absolute atomic E-state index is 4.71. The van der Waals surface area contributed by atoms with Gasteiger partial charge in [0.05, 0.1) is 11.9 Å². The Balaban J connectivity index is 1.43. The van der Waals surface area contributed by atoms with Crippen LogP contribution in [0.2, 0.25) is 0 Å². The lowest BCUT2D eigenvalue weighted by atomic mass is 10.0. The Labute approximate surface area is 156 Å². The Morgan fingerprint density at radius 1 is 1.12 bits per heavy atom. The fraction of sp³-hybridized carbons (Fsp3) is 0.250. The second kappa shape index (κ2) is 7.25. The van der Waals surface area contributed by atoms with Crippen LogP contribution in [-0.2, 0) is 6.42 Å². The van der Waals surface area contributed by atoms with Crippen LogP contribution >= 0.6 is 11.3 Å². The smallest absolute Gasteiger partial charge is 0.214 e. The van der Waals surface area contributed by atoms with Crippen molar-refractivity contribution in [3.05, 3.63) is 66.1 Å². The van der Waals surface area contributed by atoms with E-state index in [2.05, 4.69) is 53.5 Å². The molecule has 3 aromatic heterocycles.